The molecule has 0 atom stereocenters. The van der Waals surface area contributed by atoms with Crippen LogP contribution >= 0.6 is 22.7 Å². The van der Waals surface area contributed by atoms with Crippen LogP contribution in [-0.4, -0.2) is 0 Å². The van der Waals surface area contributed by atoms with Gasteiger partial charge in [0.25, 0.3) is 0 Å². The van der Waals surface area contributed by atoms with Gasteiger partial charge in [-0.3, -0.25) is 0 Å². The highest BCUT2D eigenvalue weighted by Crippen LogP contribution is 2.58. The molecule has 0 saturated heterocycles. The Bertz CT molecular complexity index is 2930. The zero-order valence-electron chi connectivity index (χ0n) is 28.2. The van der Waals surface area contributed by atoms with Crippen molar-refractivity contribution >= 4 is 80.1 Å². The van der Waals surface area contributed by atoms with Crippen molar-refractivity contribution in [3.63, 3.8) is 0 Å². The SMILES string of the molecule is c1ccc(N(c2ccc3sc4cccc(C5(c6ccccc6)c6ccccc6-c6ccccc65)c4c3c2)c2cccc3sc4ccccc4c23)cc1. The molecular formula is C49H31NS2. The second-order valence-corrected chi connectivity index (χ2v) is 15.8. The van der Waals surface area contributed by atoms with E-state index >= 15 is 0 Å². The standard InChI is InChI=1S/C49H31NS2/c1-3-15-32(16-4-1)49(39-22-10-7-19-35(39)36-20-8-11-23-40(36)49)41-24-13-27-45-47(41)38-31-34(29-30-44(38)52-45)50(33-17-5-2-6-18-33)42-25-14-28-46-48(42)37-21-9-12-26-43(37)51-46/h1-31H. The van der Waals surface area contributed by atoms with Crippen molar-refractivity contribution in [2.24, 2.45) is 0 Å². The Kier molecular flexibility index (Phi) is 6.57. The molecule has 11 rings (SSSR count). The van der Waals surface area contributed by atoms with Crippen LogP contribution in [-0.2, 0) is 5.41 Å². The maximum atomic E-state index is 2.46. The average molecular weight is 698 g/mol. The summed E-state index contributed by atoms with van der Waals surface area (Å²) in [6.07, 6.45) is 0. The van der Waals surface area contributed by atoms with Crippen LogP contribution in [0.15, 0.2) is 188 Å². The van der Waals surface area contributed by atoms with E-state index in [1.54, 1.807) is 0 Å². The van der Waals surface area contributed by atoms with E-state index in [0.29, 0.717) is 0 Å². The lowest BCUT2D eigenvalue weighted by Gasteiger charge is -2.34. The Morgan fingerprint density at radius 1 is 0.365 bits per heavy atom. The fourth-order valence-corrected chi connectivity index (χ4v) is 11.1. The maximum absolute atomic E-state index is 2.46. The Morgan fingerprint density at radius 2 is 0.923 bits per heavy atom. The molecule has 2 heterocycles. The summed E-state index contributed by atoms with van der Waals surface area (Å²) in [6, 6.07) is 69.7. The van der Waals surface area contributed by atoms with E-state index in [-0.39, 0.29) is 0 Å². The Balaban J connectivity index is 1.23. The number of fused-ring (bicyclic) bond motifs is 9. The van der Waals surface area contributed by atoms with Crippen molar-refractivity contribution in [3.8, 4) is 11.1 Å². The molecule has 1 aliphatic rings. The predicted octanol–water partition coefficient (Wildman–Crippen LogP) is 14.3. The largest absolute Gasteiger partial charge is 0.310 e. The normalized spacial score (nSPS) is 13.2. The zero-order chi connectivity index (χ0) is 34.2. The van der Waals surface area contributed by atoms with Gasteiger partial charge in [-0.15, -0.1) is 22.7 Å². The average Bonchev–Trinajstić information content (AvgIpc) is 3.87. The first kappa shape index (κ1) is 29.7. The second-order valence-electron chi connectivity index (χ2n) is 13.6. The van der Waals surface area contributed by atoms with Gasteiger partial charge in [-0.2, -0.15) is 0 Å². The lowest BCUT2D eigenvalue weighted by molar-refractivity contribution is 0.777. The van der Waals surface area contributed by atoms with Gasteiger partial charge in [0, 0.05) is 51.7 Å². The molecular weight excluding hydrogens is 667 g/mol. The fourth-order valence-electron chi connectivity index (χ4n) is 8.89. The molecule has 1 aliphatic carbocycles. The summed E-state index contributed by atoms with van der Waals surface area (Å²) in [4.78, 5) is 2.46. The first-order chi connectivity index (χ1) is 25.8. The molecule has 0 saturated carbocycles. The number of rotatable bonds is 5. The van der Waals surface area contributed by atoms with Gasteiger partial charge in [-0.1, -0.05) is 133 Å². The molecule has 0 unspecified atom stereocenters. The number of hydrogen-bond donors (Lipinski definition) is 0. The van der Waals surface area contributed by atoms with Crippen LogP contribution in [0.3, 0.4) is 0 Å². The van der Waals surface area contributed by atoms with Crippen molar-refractivity contribution in [2.75, 3.05) is 4.90 Å². The van der Waals surface area contributed by atoms with E-state index < -0.39 is 5.41 Å². The number of hydrogen-bond acceptors (Lipinski definition) is 3. The van der Waals surface area contributed by atoms with Crippen molar-refractivity contribution < 1.29 is 0 Å². The van der Waals surface area contributed by atoms with Gasteiger partial charge in [-0.25, -0.2) is 0 Å². The van der Waals surface area contributed by atoms with Crippen LogP contribution < -0.4 is 4.90 Å². The maximum Gasteiger partial charge on any atom is 0.0720 e. The van der Waals surface area contributed by atoms with Gasteiger partial charge in [0.05, 0.1) is 11.1 Å². The minimum absolute atomic E-state index is 0.474. The minimum atomic E-state index is -0.474. The summed E-state index contributed by atoms with van der Waals surface area (Å²) in [5, 5.41) is 5.21. The molecule has 0 spiro atoms. The third-order valence-electron chi connectivity index (χ3n) is 10.9. The molecule has 52 heavy (non-hydrogen) atoms. The lowest BCUT2D eigenvalue weighted by atomic mass is 9.66. The summed E-state index contributed by atoms with van der Waals surface area (Å²) in [6.45, 7) is 0. The molecule has 0 fully saturated rings. The Labute approximate surface area is 310 Å². The summed E-state index contributed by atoms with van der Waals surface area (Å²) in [7, 11) is 0. The molecule has 244 valence electrons. The molecule has 0 amide bonds. The van der Waals surface area contributed by atoms with Crippen molar-refractivity contribution in [1.82, 2.24) is 0 Å². The van der Waals surface area contributed by atoms with E-state index in [4.69, 9.17) is 0 Å². The van der Waals surface area contributed by atoms with Gasteiger partial charge in [-0.05, 0) is 88.0 Å². The van der Waals surface area contributed by atoms with Crippen LogP contribution in [0.1, 0.15) is 22.3 Å². The monoisotopic (exact) mass is 697 g/mol. The van der Waals surface area contributed by atoms with Crippen LogP contribution in [0, 0.1) is 0 Å². The number of thiophene rings is 2. The smallest absolute Gasteiger partial charge is 0.0720 e. The van der Waals surface area contributed by atoms with E-state index in [9.17, 15) is 0 Å². The van der Waals surface area contributed by atoms with Gasteiger partial charge < -0.3 is 4.90 Å². The number of benzene rings is 8. The van der Waals surface area contributed by atoms with Crippen molar-refractivity contribution in [2.45, 2.75) is 5.41 Å². The van der Waals surface area contributed by atoms with E-state index in [1.165, 1.54) is 79.4 Å². The molecule has 0 bridgehead atoms. The zero-order valence-corrected chi connectivity index (χ0v) is 29.8. The quantitative estimate of drug-likeness (QED) is 0.173. The molecule has 3 heteroatoms. The third-order valence-corrected chi connectivity index (χ3v) is 13.2. The van der Waals surface area contributed by atoms with Crippen LogP contribution in [0.25, 0.3) is 51.5 Å². The van der Waals surface area contributed by atoms with Gasteiger partial charge in [0.15, 0.2) is 0 Å². The van der Waals surface area contributed by atoms with Crippen LogP contribution in [0.2, 0.25) is 0 Å². The van der Waals surface area contributed by atoms with Crippen molar-refractivity contribution in [1.29, 1.82) is 0 Å². The van der Waals surface area contributed by atoms with E-state index in [1.807, 2.05) is 22.7 Å². The third kappa shape index (κ3) is 4.15. The lowest BCUT2D eigenvalue weighted by Crippen LogP contribution is -2.28. The first-order valence-corrected chi connectivity index (χ1v) is 19.4. The molecule has 1 nitrogen and oxygen atoms in total. The number of anilines is 3. The van der Waals surface area contributed by atoms with E-state index in [0.717, 1.165) is 11.4 Å². The summed E-state index contributed by atoms with van der Waals surface area (Å²) in [5.41, 5.74) is 10.9. The first-order valence-electron chi connectivity index (χ1n) is 17.8. The summed E-state index contributed by atoms with van der Waals surface area (Å²) >= 11 is 3.76. The predicted molar refractivity (Wildman–Crippen MR) is 224 cm³/mol. The van der Waals surface area contributed by atoms with Crippen LogP contribution in [0.4, 0.5) is 17.1 Å². The highest BCUT2D eigenvalue weighted by molar-refractivity contribution is 7.26. The van der Waals surface area contributed by atoms with Crippen molar-refractivity contribution in [3.05, 3.63) is 210 Å². The Hall–Kier alpha value is -6.00. The second kappa shape index (κ2) is 11.5. The minimum Gasteiger partial charge on any atom is -0.310 e. The van der Waals surface area contributed by atoms with Crippen LogP contribution in [0.5, 0.6) is 0 Å². The summed E-state index contributed by atoms with van der Waals surface area (Å²) < 4.78 is 5.21. The Morgan fingerprint density at radius 3 is 1.67 bits per heavy atom. The topological polar surface area (TPSA) is 3.24 Å². The highest BCUT2D eigenvalue weighted by atomic mass is 32.1. The summed E-state index contributed by atoms with van der Waals surface area (Å²) in [5.74, 6) is 0. The number of nitrogens with zero attached hydrogens (tertiary/aromatic N) is 1. The fraction of sp³-hybridized carbons (Fsp3) is 0.0204. The molecule has 8 aromatic carbocycles. The van der Waals surface area contributed by atoms with Gasteiger partial charge in [0.2, 0.25) is 0 Å². The number of para-hydroxylation sites is 1. The highest BCUT2D eigenvalue weighted by Gasteiger charge is 2.47. The van der Waals surface area contributed by atoms with E-state index in [2.05, 4.69) is 193 Å². The molecule has 0 N–H and O–H groups in total. The van der Waals surface area contributed by atoms with Gasteiger partial charge in [0.1, 0.15) is 0 Å². The van der Waals surface area contributed by atoms with Gasteiger partial charge >= 0.3 is 0 Å². The molecule has 10 aromatic rings. The molecule has 0 radical (unpaired) electrons. The molecule has 2 aromatic heterocycles. The molecule has 0 aliphatic heterocycles.